The Balaban J connectivity index is 1.94. The highest BCUT2D eigenvalue weighted by molar-refractivity contribution is 5.33. The molecule has 0 aliphatic carbocycles. The molecule has 0 bridgehead atoms. The fraction of sp³-hybridized carbons (Fsp3) is 0.625. The molecule has 0 amide bonds. The molecular formula is C16H26N2O. The fourth-order valence-corrected chi connectivity index (χ4v) is 2.86. The summed E-state index contributed by atoms with van der Waals surface area (Å²) in [6, 6.07) is 6.65. The molecule has 0 saturated carbocycles. The Labute approximate surface area is 116 Å². The molecule has 0 radical (unpaired) electrons. The normalized spacial score (nSPS) is 19.6. The highest BCUT2D eigenvalue weighted by Gasteiger charge is 2.21. The summed E-state index contributed by atoms with van der Waals surface area (Å²) >= 11 is 0. The molecule has 19 heavy (non-hydrogen) atoms. The first-order chi connectivity index (χ1) is 9.10. The maximum absolute atomic E-state index is 6.39. The average molecular weight is 262 g/mol. The minimum Gasteiger partial charge on any atom is -0.381 e. The van der Waals surface area contributed by atoms with Crippen molar-refractivity contribution >= 4 is 0 Å². The van der Waals surface area contributed by atoms with Gasteiger partial charge in [-0.3, -0.25) is 0 Å². The number of hydrogen-bond donors (Lipinski definition) is 1. The van der Waals surface area contributed by atoms with Crippen LogP contribution in [0.3, 0.4) is 0 Å². The Bertz CT molecular complexity index is 411. The number of aryl methyl sites for hydroxylation is 2. The lowest BCUT2D eigenvalue weighted by Crippen LogP contribution is -2.40. The summed E-state index contributed by atoms with van der Waals surface area (Å²) in [5, 5.41) is 0. The second kappa shape index (κ2) is 6.51. The highest BCUT2D eigenvalue weighted by atomic mass is 16.5. The number of hydrogen-bond acceptors (Lipinski definition) is 3. The third kappa shape index (κ3) is 3.78. The van der Waals surface area contributed by atoms with Crippen LogP contribution in [0.25, 0.3) is 0 Å². The molecular weight excluding hydrogens is 236 g/mol. The van der Waals surface area contributed by atoms with E-state index in [1.165, 1.54) is 16.7 Å². The van der Waals surface area contributed by atoms with E-state index < -0.39 is 0 Å². The maximum Gasteiger partial charge on any atom is 0.0595 e. The van der Waals surface area contributed by atoms with Gasteiger partial charge in [0.25, 0.3) is 0 Å². The van der Waals surface area contributed by atoms with Gasteiger partial charge in [0, 0.05) is 32.8 Å². The molecule has 1 aromatic carbocycles. The minimum absolute atomic E-state index is 0.110. The number of likely N-dealkylation sites (tertiary alicyclic amines) is 1. The van der Waals surface area contributed by atoms with Crippen LogP contribution in [0.5, 0.6) is 0 Å². The second-order valence-electron chi connectivity index (χ2n) is 5.70. The first-order valence-electron chi connectivity index (χ1n) is 7.18. The van der Waals surface area contributed by atoms with Crippen molar-refractivity contribution in [2.75, 3.05) is 26.7 Å². The van der Waals surface area contributed by atoms with E-state index in [2.05, 4.69) is 36.9 Å². The first-order valence-corrected chi connectivity index (χ1v) is 7.18. The molecule has 0 spiro atoms. The molecule has 1 unspecified atom stereocenters. The number of ether oxygens (including phenoxy) is 1. The monoisotopic (exact) mass is 262 g/mol. The molecule has 0 aromatic heterocycles. The van der Waals surface area contributed by atoms with E-state index in [-0.39, 0.29) is 6.04 Å². The van der Waals surface area contributed by atoms with Crippen LogP contribution in [0.2, 0.25) is 0 Å². The Morgan fingerprint density at radius 1 is 1.32 bits per heavy atom. The zero-order valence-electron chi connectivity index (χ0n) is 12.4. The molecule has 1 fully saturated rings. The summed E-state index contributed by atoms with van der Waals surface area (Å²) in [4.78, 5) is 2.46. The molecule has 1 aliphatic rings. The van der Waals surface area contributed by atoms with Crippen molar-refractivity contribution < 1.29 is 4.74 Å². The summed E-state index contributed by atoms with van der Waals surface area (Å²) in [6.07, 6.45) is 2.68. The van der Waals surface area contributed by atoms with Crippen LogP contribution in [-0.2, 0) is 4.74 Å². The van der Waals surface area contributed by atoms with Crippen LogP contribution < -0.4 is 5.73 Å². The highest BCUT2D eigenvalue weighted by Crippen LogP contribution is 2.20. The summed E-state index contributed by atoms with van der Waals surface area (Å²) < 4.78 is 5.41. The molecule has 1 aliphatic heterocycles. The molecule has 1 heterocycles. The van der Waals surface area contributed by atoms with Gasteiger partial charge >= 0.3 is 0 Å². The van der Waals surface area contributed by atoms with Crippen LogP contribution in [0.15, 0.2) is 18.2 Å². The van der Waals surface area contributed by atoms with Gasteiger partial charge in [-0.05, 0) is 37.8 Å². The topological polar surface area (TPSA) is 38.5 Å². The van der Waals surface area contributed by atoms with Gasteiger partial charge in [-0.25, -0.2) is 0 Å². The summed E-state index contributed by atoms with van der Waals surface area (Å²) in [5.41, 5.74) is 10.3. The van der Waals surface area contributed by atoms with Crippen molar-refractivity contribution in [1.29, 1.82) is 0 Å². The lowest BCUT2D eigenvalue weighted by molar-refractivity contribution is 0.0395. The predicted molar refractivity (Wildman–Crippen MR) is 79.3 cm³/mol. The van der Waals surface area contributed by atoms with E-state index in [9.17, 15) is 0 Å². The van der Waals surface area contributed by atoms with Crippen LogP contribution in [0, 0.1) is 13.8 Å². The smallest absolute Gasteiger partial charge is 0.0595 e. The number of rotatable bonds is 4. The number of benzene rings is 1. The van der Waals surface area contributed by atoms with Crippen LogP contribution in [-0.4, -0.2) is 37.7 Å². The van der Waals surface area contributed by atoms with E-state index in [0.717, 1.165) is 32.5 Å². The molecule has 1 aromatic rings. The van der Waals surface area contributed by atoms with E-state index in [1.807, 2.05) is 7.11 Å². The molecule has 3 heteroatoms. The van der Waals surface area contributed by atoms with Crippen molar-refractivity contribution in [3.8, 4) is 0 Å². The Morgan fingerprint density at radius 3 is 2.63 bits per heavy atom. The van der Waals surface area contributed by atoms with E-state index in [0.29, 0.717) is 6.10 Å². The SMILES string of the molecule is COC1CCN(CC(N)c2cc(C)ccc2C)CC1. The third-order valence-electron chi connectivity index (χ3n) is 4.16. The van der Waals surface area contributed by atoms with Gasteiger partial charge in [0.15, 0.2) is 0 Å². The lowest BCUT2D eigenvalue weighted by atomic mass is 9.98. The van der Waals surface area contributed by atoms with Gasteiger partial charge in [-0.1, -0.05) is 23.8 Å². The number of piperidine rings is 1. The van der Waals surface area contributed by atoms with Crippen molar-refractivity contribution in [1.82, 2.24) is 4.90 Å². The fourth-order valence-electron chi connectivity index (χ4n) is 2.86. The maximum atomic E-state index is 6.39. The van der Waals surface area contributed by atoms with Gasteiger partial charge < -0.3 is 15.4 Å². The van der Waals surface area contributed by atoms with Gasteiger partial charge in [0.2, 0.25) is 0 Å². The molecule has 106 valence electrons. The van der Waals surface area contributed by atoms with Crippen LogP contribution in [0.4, 0.5) is 0 Å². The molecule has 3 nitrogen and oxygen atoms in total. The van der Waals surface area contributed by atoms with Crippen molar-refractivity contribution in [2.24, 2.45) is 5.73 Å². The van der Waals surface area contributed by atoms with Gasteiger partial charge in [-0.15, -0.1) is 0 Å². The molecule has 2 N–H and O–H groups in total. The number of methoxy groups -OCH3 is 1. The lowest BCUT2D eigenvalue weighted by Gasteiger charge is -2.33. The van der Waals surface area contributed by atoms with E-state index in [1.54, 1.807) is 0 Å². The van der Waals surface area contributed by atoms with Gasteiger partial charge in [0.05, 0.1) is 6.10 Å². The largest absolute Gasteiger partial charge is 0.381 e. The quantitative estimate of drug-likeness (QED) is 0.905. The Morgan fingerprint density at radius 2 is 2.00 bits per heavy atom. The zero-order chi connectivity index (χ0) is 13.8. The third-order valence-corrected chi connectivity index (χ3v) is 4.16. The standard InChI is InChI=1S/C16H26N2O/c1-12-4-5-13(2)15(10-12)16(17)11-18-8-6-14(19-3)7-9-18/h4-5,10,14,16H,6-9,11,17H2,1-3H3. The molecule has 1 atom stereocenters. The molecule has 1 saturated heterocycles. The Kier molecular flexibility index (Phi) is 4.97. The zero-order valence-corrected chi connectivity index (χ0v) is 12.4. The summed E-state index contributed by atoms with van der Waals surface area (Å²) in [6.45, 7) is 7.40. The molecule has 2 rings (SSSR count). The second-order valence-corrected chi connectivity index (χ2v) is 5.70. The van der Waals surface area contributed by atoms with Gasteiger partial charge in [0.1, 0.15) is 0 Å². The van der Waals surface area contributed by atoms with Crippen molar-refractivity contribution in [3.05, 3.63) is 34.9 Å². The predicted octanol–water partition coefficient (Wildman–Crippen LogP) is 2.41. The number of nitrogens with two attached hydrogens (primary N) is 1. The first kappa shape index (κ1) is 14.5. The van der Waals surface area contributed by atoms with E-state index >= 15 is 0 Å². The van der Waals surface area contributed by atoms with E-state index in [4.69, 9.17) is 10.5 Å². The van der Waals surface area contributed by atoms with Crippen molar-refractivity contribution in [3.63, 3.8) is 0 Å². The Hall–Kier alpha value is -0.900. The minimum atomic E-state index is 0.110. The van der Waals surface area contributed by atoms with Gasteiger partial charge in [-0.2, -0.15) is 0 Å². The summed E-state index contributed by atoms with van der Waals surface area (Å²) in [7, 11) is 1.81. The number of nitrogens with zero attached hydrogens (tertiary/aromatic N) is 1. The average Bonchev–Trinajstić information content (AvgIpc) is 2.42. The van der Waals surface area contributed by atoms with Crippen LogP contribution in [0.1, 0.15) is 35.6 Å². The van der Waals surface area contributed by atoms with Crippen LogP contribution >= 0.6 is 0 Å². The van der Waals surface area contributed by atoms with Crippen molar-refractivity contribution in [2.45, 2.75) is 38.8 Å². The summed E-state index contributed by atoms with van der Waals surface area (Å²) in [5.74, 6) is 0.